The van der Waals surface area contributed by atoms with E-state index < -0.39 is 16.1 Å². The van der Waals surface area contributed by atoms with Crippen molar-refractivity contribution in [2.45, 2.75) is 0 Å². The van der Waals surface area contributed by atoms with Gasteiger partial charge in [0, 0.05) is 0 Å². The highest BCUT2D eigenvalue weighted by atomic mass is 31.2. The van der Waals surface area contributed by atoms with E-state index in [4.69, 9.17) is 33.6 Å². The van der Waals surface area contributed by atoms with Gasteiger partial charge < -0.3 is 24.5 Å². The summed E-state index contributed by atoms with van der Waals surface area (Å²) in [7, 11) is -7.77. The molecule has 0 aliphatic carbocycles. The SMILES string of the molecule is O=P(O)(O)O.O=[PH](O)O.[H+]. The molecule has 9 heteroatoms. The van der Waals surface area contributed by atoms with Crippen molar-refractivity contribution in [3.63, 3.8) is 0 Å². The fraction of sp³-hybridized carbons (Fsp3) is 0. The fourth-order valence-corrected chi connectivity index (χ4v) is 0. The first-order chi connectivity index (χ1) is 3.73. The van der Waals surface area contributed by atoms with Crippen LogP contribution in [0.4, 0.5) is 0 Å². The van der Waals surface area contributed by atoms with Gasteiger partial charge in [0.25, 0.3) is 0 Å². The molecule has 0 rings (SSSR count). The van der Waals surface area contributed by atoms with E-state index in [0.29, 0.717) is 0 Å². The summed E-state index contributed by atoms with van der Waals surface area (Å²) < 4.78 is 17.6. The van der Waals surface area contributed by atoms with E-state index in [2.05, 4.69) is 0 Å². The van der Waals surface area contributed by atoms with E-state index in [-0.39, 0.29) is 1.43 Å². The summed E-state index contributed by atoms with van der Waals surface area (Å²) in [6, 6.07) is 0. The van der Waals surface area contributed by atoms with Gasteiger partial charge in [-0.3, -0.25) is 4.57 Å². The van der Waals surface area contributed by atoms with Crippen LogP contribution in [0.5, 0.6) is 0 Å². The molecular weight excluding hydrogens is 174 g/mol. The Morgan fingerprint density at radius 1 is 1.22 bits per heavy atom. The third kappa shape index (κ3) is 4790. The second-order valence-electron chi connectivity index (χ2n) is 0.796. The Hall–Kier alpha value is 0.260. The van der Waals surface area contributed by atoms with Crippen LogP contribution in [0.3, 0.4) is 0 Å². The summed E-state index contributed by atoms with van der Waals surface area (Å²) in [6.07, 6.45) is 0. The molecule has 0 amide bonds. The van der Waals surface area contributed by atoms with Crippen LogP contribution in [0.1, 0.15) is 1.43 Å². The van der Waals surface area contributed by atoms with Gasteiger partial charge in [0.2, 0.25) is 0 Å². The van der Waals surface area contributed by atoms with Crippen molar-refractivity contribution in [1.29, 1.82) is 0 Å². The molecule has 0 aromatic rings. The van der Waals surface area contributed by atoms with E-state index in [1.54, 1.807) is 0 Å². The molecule has 0 spiro atoms. The minimum Gasteiger partial charge on any atom is -0.326 e. The lowest BCUT2D eigenvalue weighted by Crippen LogP contribution is -1.66. The molecule has 0 aromatic heterocycles. The van der Waals surface area contributed by atoms with Gasteiger partial charge in [-0.25, -0.2) is 4.57 Å². The van der Waals surface area contributed by atoms with Gasteiger partial charge in [-0.05, 0) is 0 Å². The highest BCUT2D eigenvalue weighted by molar-refractivity contribution is 7.45. The summed E-state index contributed by atoms with van der Waals surface area (Å²) in [5.41, 5.74) is 0. The van der Waals surface area contributed by atoms with Gasteiger partial charge in [0.05, 0.1) is 0 Å². The van der Waals surface area contributed by atoms with Gasteiger partial charge in [-0.2, -0.15) is 0 Å². The third-order valence-corrected chi connectivity index (χ3v) is 0. The molecule has 0 aliphatic rings. The molecule has 0 atom stereocenters. The molecule has 58 valence electrons. The first-order valence-electron chi connectivity index (χ1n) is 1.43. The molecule has 0 fully saturated rings. The minimum absolute atomic E-state index is 0. The van der Waals surface area contributed by atoms with Crippen LogP contribution in [-0.4, -0.2) is 24.5 Å². The van der Waals surface area contributed by atoms with Crippen molar-refractivity contribution >= 4 is 16.1 Å². The summed E-state index contributed by atoms with van der Waals surface area (Å²) in [5.74, 6) is 0. The van der Waals surface area contributed by atoms with Gasteiger partial charge >= 0.3 is 17.5 Å². The fourth-order valence-electron chi connectivity index (χ4n) is 0. The highest BCUT2D eigenvalue weighted by Crippen LogP contribution is 2.25. The monoisotopic (exact) mass is 181 g/mol. The molecule has 0 saturated carbocycles. The van der Waals surface area contributed by atoms with Crippen LogP contribution in [0, 0.1) is 0 Å². The zero-order chi connectivity index (χ0) is 8.08. The molecular formula is H7O7P2+. The maximum atomic E-state index is 8.88. The second kappa shape index (κ2) is 5.08. The van der Waals surface area contributed by atoms with Crippen molar-refractivity contribution in [1.82, 2.24) is 0 Å². The molecule has 0 unspecified atom stereocenters. The van der Waals surface area contributed by atoms with E-state index in [1.165, 1.54) is 0 Å². The minimum atomic E-state index is -4.64. The van der Waals surface area contributed by atoms with Crippen molar-refractivity contribution in [3.8, 4) is 0 Å². The van der Waals surface area contributed by atoms with Crippen LogP contribution in [0.2, 0.25) is 0 Å². The van der Waals surface area contributed by atoms with E-state index in [1.807, 2.05) is 0 Å². The summed E-state index contributed by atoms with van der Waals surface area (Å²) in [6.45, 7) is 0. The van der Waals surface area contributed by atoms with Gasteiger partial charge in [-0.1, -0.05) is 0 Å². The van der Waals surface area contributed by atoms with Gasteiger partial charge in [0.1, 0.15) is 0 Å². The van der Waals surface area contributed by atoms with Crippen molar-refractivity contribution < 1.29 is 35.0 Å². The second-order valence-corrected chi connectivity index (χ2v) is 2.39. The molecule has 0 aliphatic heterocycles. The average molecular weight is 181 g/mol. The zero-order valence-corrected chi connectivity index (χ0v) is 5.89. The maximum absolute atomic E-state index is 8.88. The zero-order valence-electron chi connectivity index (χ0n) is 5.00. The maximum Gasteiger partial charge on any atom is 1.00 e. The van der Waals surface area contributed by atoms with Crippen LogP contribution >= 0.6 is 16.1 Å². The van der Waals surface area contributed by atoms with E-state index >= 15 is 0 Å². The molecule has 9 heavy (non-hydrogen) atoms. The standard InChI is InChI=1S/H3O4P.H3O3P/c1-5(2,3)4;1-4(2)3/h(H3,1,2,3,4);4H,(H2,1,2,3)/p+1. The Labute approximate surface area is 52.3 Å². The number of phosphoric acid groups is 1. The van der Waals surface area contributed by atoms with Gasteiger partial charge in [-0.15, -0.1) is 0 Å². The normalized spacial score (nSPS) is 10.4. The summed E-state index contributed by atoms with van der Waals surface area (Å²) in [4.78, 5) is 35.9. The van der Waals surface area contributed by atoms with Gasteiger partial charge in [0.15, 0.2) is 0 Å². The topological polar surface area (TPSA) is 135 Å². The number of rotatable bonds is 0. The van der Waals surface area contributed by atoms with Crippen molar-refractivity contribution in [2.75, 3.05) is 0 Å². The van der Waals surface area contributed by atoms with E-state index in [0.717, 1.165) is 0 Å². The van der Waals surface area contributed by atoms with Crippen LogP contribution in [-0.2, 0) is 9.13 Å². The smallest absolute Gasteiger partial charge is 0.326 e. The lowest BCUT2D eigenvalue weighted by Gasteiger charge is -1.82. The molecule has 0 radical (unpaired) electrons. The molecule has 0 heterocycles. The summed E-state index contributed by atoms with van der Waals surface area (Å²) in [5, 5.41) is 0. The Morgan fingerprint density at radius 2 is 1.22 bits per heavy atom. The molecule has 7 nitrogen and oxygen atoms in total. The number of hydrogen-bond acceptors (Lipinski definition) is 2. The first-order valence-corrected chi connectivity index (χ1v) is 4.30. The Morgan fingerprint density at radius 3 is 1.22 bits per heavy atom. The molecule has 0 aromatic carbocycles. The average Bonchev–Trinajstić information content (AvgIpc) is 1.19. The number of hydrogen-bond donors (Lipinski definition) is 5. The molecule has 0 bridgehead atoms. The lowest BCUT2D eigenvalue weighted by molar-refractivity contribution is 0.275. The predicted molar refractivity (Wildman–Crippen MR) is 28.8 cm³/mol. The van der Waals surface area contributed by atoms with Crippen LogP contribution in [0.25, 0.3) is 0 Å². The van der Waals surface area contributed by atoms with Crippen LogP contribution in [0.15, 0.2) is 0 Å². The third-order valence-electron chi connectivity index (χ3n) is 0. The predicted octanol–water partition coefficient (Wildman–Crippen LogP) is -1.46. The Bertz CT molecular complexity index is 111. The van der Waals surface area contributed by atoms with Crippen molar-refractivity contribution in [2.24, 2.45) is 0 Å². The Balaban J connectivity index is -0.0000000910. The Kier molecular flexibility index (Phi) is 6.76. The van der Waals surface area contributed by atoms with Crippen molar-refractivity contribution in [3.05, 3.63) is 0 Å². The van der Waals surface area contributed by atoms with Crippen LogP contribution < -0.4 is 0 Å². The largest absolute Gasteiger partial charge is 1.00 e. The molecule has 5 N–H and O–H groups in total. The first kappa shape index (κ1) is 12.0. The molecule has 0 saturated heterocycles. The quantitative estimate of drug-likeness (QED) is 0.288. The summed E-state index contributed by atoms with van der Waals surface area (Å²) >= 11 is 0. The van der Waals surface area contributed by atoms with E-state index in [9.17, 15) is 0 Å². The lowest BCUT2D eigenvalue weighted by atomic mass is 15.8. The highest BCUT2D eigenvalue weighted by Gasteiger charge is 2.00.